The highest BCUT2D eigenvalue weighted by Crippen LogP contribution is 2.11. The maximum absolute atomic E-state index is 11.7. The first-order chi connectivity index (χ1) is 7.75. The zero-order valence-corrected chi connectivity index (χ0v) is 9.39. The maximum atomic E-state index is 11.7. The molecule has 0 radical (unpaired) electrons. The Balaban J connectivity index is 1.78. The zero-order valence-electron chi connectivity index (χ0n) is 9.39. The second-order valence-corrected chi connectivity index (χ2v) is 4.20. The van der Waals surface area contributed by atoms with Crippen molar-refractivity contribution < 1.29 is 4.79 Å². The summed E-state index contributed by atoms with van der Waals surface area (Å²) < 4.78 is 1.52. The molecule has 6 heteroatoms. The van der Waals surface area contributed by atoms with Crippen LogP contribution in [0.1, 0.15) is 13.3 Å². The molecular formula is C10H17N5O. The van der Waals surface area contributed by atoms with Gasteiger partial charge in [0.05, 0.1) is 0 Å². The van der Waals surface area contributed by atoms with E-state index in [-0.39, 0.29) is 18.5 Å². The smallest absolute Gasteiger partial charge is 0.242 e. The van der Waals surface area contributed by atoms with Gasteiger partial charge >= 0.3 is 0 Å². The number of aromatic nitrogens is 3. The molecule has 6 nitrogen and oxygen atoms in total. The number of amides is 1. The second-order valence-electron chi connectivity index (χ2n) is 4.20. The fourth-order valence-electron chi connectivity index (χ4n) is 1.98. The average molecular weight is 223 g/mol. The van der Waals surface area contributed by atoms with Crippen molar-refractivity contribution in [2.75, 3.05) is 13.1 Å². The summed E-state index contributed by atoms with van der Waals surface area (Å²) >= 11 is 0. The summed E-state index contributed by atoms with van der Waals surface area (Å²) in [6.07, 6.45) is 4.10. The highest BCUT2D eigenvalue weighted by molar-refractivity contribution is 5.75. The molecule has 16 heavy (non-hydrogen) atoms. The summed E-state index contributed by atoms with van der Waals surface area (Å²) in [6, 6.07) is 0.214. The summed E-state index contributed by atoms with van der Waals surface area (Å²) in [5.41, 5.74) is 0. The van der Waals surface area contributed by atoms with Gasteiger partial charge in [-0.2, -0.15) is 5.10 Å². The van der Waals surface area contributed by atoms with E-state index in [2.05, 4.69) is 27.6 Å². The predicted octanol–water partition coefficient (Wildman–Crippen LogP) is -0.608. The van der Waals surface area contributed by atoms with E-state index in [0.29, 0.717) is 5.92 Å². The normalized spacial score (nSPS) is 21.9. The molecule has 2 N–H and O–H groups in total. The molecule has 2 heterocycles. The van der Waals surface area contributed by atoms with Crippen LogP contribution in [0.3, 0.4) is 0 Å². The van der Waals surface area contributed by atoms with Crippen molar-refractivity contribution in [1.29, 1.82) is 0 Å². The van der Waals surface area contributed by atoms with Crippen LogP contribution in [0.4, 0.5) is 0 Å². The van der Waals surface area contributed by atoms with Crippen molar-refractivity contribution in [2.45, 2.75) is 25.9 Å². The van der Waals surface area contributed by atoms with Crippen molar-refractivity contribution in [3.05, 3.63) is 12.7 Å². The van der Waals surface area contributed by atoms with Crippen LogP contribution in [0, 0.1) is 5.92 Å². The molecule has 1 amide bonds. The van der Waals surface area contributed by atoms with Gasteiger partial charge in [-0.1, -0.05) is 0 Å². The molecule has 2 atom stereocenters. The van der Waals surface area contributed by atoms with Gasteiger partial charge in [-0.15, -0.1) is 0 Å². The van der Waals surface area contributed by atoms with Crippen LogP contribution in [0.15, 0.2) is 12.7 Å². The minimum Gasteiger partial charge on any atom is -0.352 e. The minimum atomic E-state index is -0.00935. The first-order valence-corrected chi connectivity index (χ1v) is 5.58. The van der Waals surface area contributed by atoms with Crippen LogP contribution in [0.25, 0.3) is 0 Å². The van der Waals surface area contributed by atoms with Crippen molar-refractivity contribution >= 4 is 5.91 Å². The SMILES string of the molecule is CC(NC(=O)Cn1cncn1)C1CCNC1. The predicted molar refractivity (Wildman–Crippen MR) is 58.6 cm³/mol. The Morgan fingerprint density at radius 3 is 3.25 bits per heavy atom. The van der Waals surface area contributed by atoms with Crippen molar-refractivity contribution in [1.82, 2.24) is 25.4 Å². The summed E-state index contributed by atoms with van der Waals surface area (Å²) in [6.45, 7) is 4.33. The Bertz CT molecular complexity index is 331. The lowest BCUT2D eigenvalue weighted by Gasteiger charge is -2.19. The zero-order chi connectivity index (χ0) is 11.4. The molecule has 0 aromatic carbocycles. The lowest BCUT2D eigenvalue weighted by molar-refractivity contribution is -0.122. The van der Waals surface area contributed by atoms with Crippen molar-refractivity contribution in [2.24, 2.45) is 5.92 Å². The monoisotopic (exact) mass is 223 g/mol. The van der Waals surface area contributed by atoms with Crippen LogP contribution in [-0.2, 0) is 11.3 Å². The fourth-order valence-corrected chi connectivity index (χ4v) is 1.98. The molecule has 1 fully saturated rings. The van der Waals surface area contributed by atoms with Crippen LogP contribution >= 0.6 is 0 Å². The molecule has 1 saturated heterocycles. The van der Waals surface area contributed by atoms with E-state index in [1.54, 1.807) is 6.33 Å². The van der Waals surface area contributed by atoms with E-state index < -0.39 is 0 Å². The molecule has 1 aliphatic rings. The topological polar surface area (TPSA) is 71.8 Å². The third kappa shape index (κ3) is 2.79. The van der Waals surface area contributed by atoms with E-state index in [1.807, 2.05) is 0 Å². The molecule has 1 aliphatic heterocycles. The number of carbonyl (C=O) groups is 1. The number of rotatable bonds is 4. The number of hydrogen-bond donors (Lipinski definition) is 2. The molecule has 0 spiro atoms. The van der Waals surface area contributed by atoms with E-state index >= 15 is 0 Å². The summed E-state index contributed by atoms with van der Waals surface area (Å²) in [5, 5.41) is 10.2. The highest BCUT2D eigenvalue weighted by Gasteiger charge is 2.22. The van der Waals surface area contributed by atoms with Gasteiger partial charge in [0.15, 0.2) is 0 Å². The molecule has 1 aromatic heterocycles. The van der Waals surface area contributed by atoms with Crippen LogP contribution in [0.5, 0.6) is 0 Å². The quantitative estimate of drug-likeness (QED) is 0.714. The van der Waals surface area contributed by atoms with Gasteiger partial charge in [-0.05, 0) is 32.4 Å². The van der Waals surface area contributed by atoms with E-state index in [9.17, 15) is 4.79 Å². The van der Waals surface area contributed by atoms with Gasteiger partial charge in [-0.3, -0.25) is 4.79 Å². The molecule has 2 unspecified atom stereocenters. The van der Waals surface area contributed by atoms with Gasteiger partial charge in [0.2, 0.25) is 5.91 Å². The number of nitrogens with one attached hydrogen (secondary N) is 2. The Morgan fingerprint density at radius 2 is 2.62 bits per heavy atom. The third-order valence-corrected chi connectivity index (χ3v) is 2.97. The Kier molecular flexibility index (Phi) is 3.51. The first-order valence-electron chi connectivity index (χ1n) is 5.58. The Hall–Kier alpha value is -1.43. The Morgan fingerprint density at radius 1 is 1.75 bits per heavy atom. The minimum absolute atomic E-state index is 0.00935. The van der Waals surface area contributed by atoms with Crippen LogP contribution in [-0.4, -0.2) is 39.8 Å². The molecule has 0 saturated carbocycles. The largest absolute Gasteiger partial charge is 0.352 e. The molecular weight excluding hydrogens is 206 g/mol. The number of carbonyl (C=O) groups excluding carboxylic acids is 1. The van der Waals surface area contributed by atoms with Gasteiger partial charge in [0, 0.05) is 6.04 Å². The molecule has 0 aliphatic carbocycles. The van der Waals surface area contributed by atoms with E-state index in [1.165, 1.54) is 11.0 Å². The van der Waals surface area contributed by atoms with Gasteiger partial charge in [0.25, 0.3) is 0 Å². The van der Waals surface area contributed by atoms with Crippen LogP contribution in [0.2, 0.25) is 0 Å². The van der Waals surface area contributed by atoms with Crippen LogP contribution < -0.4 is 10.6 Å². The molecule has 88 valence electrons. The average Bonchev–Trinajstić information content (AvgIpc) is 2.88. The molecule has 2 rings (SSSR count). The fraction of sp³-hybridized carbons (Fsp3) is 0.700. The van der Waals surface area contributed by atoms with Gasteiger partial charge in [-0.25, -0.2) is 9.67 Å². The van der Waals surface area contributed by atoms with Gasteiger partial charge < -0.3 is 10.6 Å². The lowest BCUT2D eigenvalue weighted by atomic mass is 10.0. The van der Waals surface area contributed by atoms with Gasteiger partial charge in [0.1, 0.15) is 19.2 Å². The first kappa shape index (κ1) is 11.1. The number of nitrogens with zero attached hydrogens (tertiary/aromatic N) is 3. The third-order valence-electron chi connectivity index (χ3n) is 2.97. The standard InChI is InChI=1S/C10H17N5O/c1-8(9-2-3-11-4-9)14-10(16)5-15-7-12-6-13-15/h6-9,11H,2-5H2,1H3,(H,14,16). The number of hydrogen-bond acceptors (Lipinski definition) is 4. The molecule has 1 aromatic rings. The molecule has 0 bridgehead atoms. The lowest BCUT2D eigenvalue weighted by Crippen LogP contribution is -2.40. The summed E-state index contributed by atoms with van der Waals surface area (Å²) in [5.74, 6) is 0.532. The summed E-state index contributed by atoms with van der Waals surface area (Å²) in [4.78, 5) is 15.5. The highest BCUT2D eigenvalue weighted by atomic mass is 16.2. The van der Waals surface area contributed by atoms with Crippen molar-refractivity contribution in [3.63, 3.8) is 0 Å². The van der Waals surface area contributed by atoms with E-state index in [0.717, 1.165) is 19.5 Å². The summed E-state index contributed by atoms with van der Waals surface area (Å²) in [7, 11) is 0. The Labute approximate surface area is 94.4 Å². The van der Waals surface area contributed by atoms with Crippen molar-refractivity contribution in [3.8, 4) is 0 Å². The maximum Gasteiger partial charge on any atom is 0.242 e. The van der Waals surface area contributed by atoms with E-state index in [4.69, 9.17) is 0 Å². The second kappa shape index (κ2) is 5.07.